The molecule has 0 bridgehead atoms. The van der Waals surface area contributed by atoms with Gasteiger partial charge in [-0.15, -0.1) is 0 Å². The first-order valence-electron chi connectivity index (χ1n) is 30.1. The summed E-state index contributed by atoms with van der Waals surface area (Å²) in [5.41, 5.74) is 27.4. The van der Waals surface area contributed by atoms with Gasteiger partial charge in [0.05, 0.1) is 44.5 Å². The molecule has 0 saturated carbocycles. The van der Waals surface area contributed by atoms with E-state index in [1.54, 1.807) is 0 Å². The summed E-state index contributed by atoms with van der Waals surface area (Å²) in [7, 11) is 0. The molecule has 0 spiro atoms. The Bertz CT molecular complexity index is 4940. The summed E-state index contributed by atoms with van der Waals surface area (Å²) in [6, 6.07) is 83.7. The predicted molar refractivity (Wildman–Crippen MR) is 358 cm³/mol. The minimum absolute atomic E-state index is 0.0522. The topological polar surface area (TPSA) is 15.3 Å². The minimum Gasteiger partial charge on any atom is -0.310 e. The smallest absolute Gasteiger partial charge is 0.0641 e. The van der Waals surface area contributed by atoms with Gasteiger partial charge in [-0.3, -0.25) is 0 Å². The maximum atomic E-state index is 2.61. The summed E-state index contributed by atoms with van der Waals surface area (Å²) in [6.45, 7) is 23.6. The zero-order chi connectivity index (χ0) is 57.1. The Morgan fingerprint density at radius 3 is 1.08 bits per heavy atom. The molecule has 0 aliphatic heterocycles. The summed E-state index contributed by atoms with van der Waals surface area (Å²) in [4.78, 5) is 5.05. The van der Waals surface area contributed by atoms with Crippen LogP contribution in [0.5, 0.6) is 0 Å². The molecule has 0 amide bonds. The molecule has 15 aromatic rings. The van der Waals surface area contributed by atoms with E-state index >= 15 is 0 Å². The Balaban J connectivity index is 0.941. The molecular weight excluding hydrogens is 1020 g/mol. The third-order valence-corrected chi connectivity index (χ3v) is 19.8. The minimum atomic E-state index is -0.147. The number of aromatic nitrogens is 2. The van der Waals surface area contributed by atoms with Crippen LogP contribution in [-0.4, -0.2) is 8.80 Å². The molecule has 4 heteroatoms. The molecule has 4 aromatic heterocycles. The third kappa shape index (κ3) is 6.54. The standard InChI is InChI=1S/C80H66N4/c1-77(2,3)47-29-37-67-61(41-47)73-69(81(49-21-13-11-14-22-49)51-31-33-55-53-25-17-19-27-63(53)79(7,8)65(55)43-51)39-35-57-59-46-72-60(45-71(59)83(67)75(57)73)58-36-40-70(74-62-42-48(78(4,5)6)30-38-68(62)84(72)76(58)74)82(50-23-15-12-16-24-50)52-32-34-56-54-26-18-20-28-64(54)80(9,10)66(56)44-52/h11-46H,1-10H3. The van der Waals surface area contributed by atoms with Crippen molar-refractivity contribution in [3.8, 4) is 22.3 Å². The lowest BCUT2D eigenvalue weighted by Crippen LogP contribution is -2.16. The molecule has 4 nitrogen and oxygen atoms in total. The molecule has 4 heterocycles. The van der Waals surface area contributed by atoms with Crippen molar-refractivity contribution in [2.45, 2.75) is 90.9 Å². The molecule has 406 valence electrons. The van der Waals surface area contributed by atoms with E-state index in [9.17, 15) is 0 Å². The third-order valence-electron chi connectivity index (χ3n) is 19.8. The fourth-order valence-electron chi connectivity index (χ4n) is 15.6. The van der Waals surface area contributed by atoms with Gasteiger partial charge >= 0.3 is 0 Å². The number of hydrogen-bond acceptors (Lipinski definition) is 2. The highest BCUT2D eigenvalue weighted by Gasteiger charge is 2.38. The Hall–Kier alpha value is -9.38. The largest absolute Gasteiger partial charge is 0.310 e. The van der Waals surface area contributed by atoms with E-state index < -0.39 is 0 Å². The van der Waals surface area contributed by atoms with Gasteiger partial charge in [-0.05, 0) is 164 Å². The number of nitrogens with zero attached hydrogens (tertiary/aromatic N) is 4. The Kier molecular flexibility index (Phi) is 9.77. The monoisotopic (exact) mass is 1080 g/mol. The van der Waals surface area contributed by atoms with Gasteiger partial charge in [0, 0.05) is 76.7 Å². The van der Waals surface area contributed by atoms with E-state index in [0.29, 0.717) is 0 Å². The number of fused-ring (bicyclic) bond motifs is 18. The van der Waals surface area contributed by atoms with Crippen molar-refractivity contribution in [1.29, 1.82) is 0 Å². The quantitative estimate of drug-likeness (QED) is 0.165. The summed E-state index contributed by atoms with van der Waals surface area (Å²) in [5.74, 6) is 0. The highest BCUT2D eigenvalue weighted by molar-refractivity contribution is 6.32. The fourth-order valence-corrected chi connectivity index (χ4v) is 15.6. The van der Waals surface area contributed by atoms with E-state index in [4.69, 9.17) is 0 Å². The van der Waals surface area contributed by atoms with Crippen LogP contribution in [0, 0.1) is 0 Å². The second-order valence-corrected chi connectivity index (χ2v) is 27.4. The first-order valence-corrected chi connectivity index (χ1v) is 30.1. The van der Waals surface area contributed by atoms with Crippen LogP contribution in [-0.2, 0) is 21.7 Å². The zero-order valence-corrected chi connectivity index (χ0v) is 49.6. The Morgan fingerprint density at radius 1 is 0.298 bits per heavy atom. The number of hydrogen-bond donors (Lipinski definition) is 0. The average molecular weight is 1080 g/mol. The molecule has 0 N–H and O–H groups in total. The average Bonchev–Trinajstić information content (AvgIpc) is 2.35. The predicted octanol–water partition coefficient (Wildman–Crippen LogP) is 22.1. The first-order chi connectivity index (χ1) is 40.5. The van der Waals surface area contributed by atoms with Crippen molar-refractivity contribution in [3.63, 3.8) is 0 Å². The molecule has 0 unspecified atom stereocenters. The van der Waals surface area contributed by atoms with Crippen molar-refractivity contribution in [2.24, 2.45) is 0 Å². The lowest BCUT2D eigenvalue weighted by atomic mass is 9.82. The molecule has 0 atom stereocenters. The molecule has 17 rings (SSSR count). The summed E-state index contributed by atoms with van der Waals surface area (Å²) < 4.78 is 5.21. The van der Waals surface area contributed by atoms with Gasteiger partial charge in [-0.25, -0.2) is 0 Å². The van der Waals surface area contributed by atoms with E-state index in [1.165, 1.54) is 143 Å². The van der Waals surface area contributed by atoms with Gasteiger partial charge < -0.3 is 18.6 Å². The van der Waals surface area contributed by atoms with Crippen molar-refractivity contribution >= 4 is 110 Å². The lowest BCUT2D eigenvalue weighted by molar-refractivity contribution is 0.591. The summed E-state index contributed by atoms with van der Waals surface area (Å²) in [5, 5.41) is 10.1. The second kappa shape index (κ2) is 16.7. The first kappa shape index (κ1) is 49.2. The van der Waals surface area contributed by atoms with Gasteiger partial charge in [-0.2, -0.15) is 0 Å². The summed E-state index contributed by atoms with van der Waals surface area (Å²) in [6.07, 6.45) is 0. The van der Waals surface area contributed by atoms with Crippen LogP contribution < -0.4 is 9.80 Å². The van der Waals surface area contributed by atoms with Gasteiger partial charge in [0.2, 0.25) is 0 Å². The van der Waals surface area contributed by atoms with Crippen molar-refractivity contribution in [3.05, 3.63) is 252 Å². The highest BCUT2D eigenvalue weighted by atomic mass is 15.2. The van der Waals surface area contributed by atoms with Crippen LogP contribution in [0.4, 0.5) is 34.1 Å². The fraction of sp³-hybridized carbons (Fsp3) is 0.175. The number of para-hydroxylation sites is 2. The Labute approximate surface area is 491 Å². The van der Waals surface area contributed by atoms with Crippen LogP contribution in [0.25, 0.3) is 98.4 Å². The molecule has 0 fully saturated rings. The van der Waals surface area contributed by atoms with Gasteiger partial charge in [-0.1, -0.05) is 191 Å². The summed E-state index contributed by atoms with van der Waals surface area (Å²) >= 11 is 0. The van der Waals surface area contributed by atoms with Crippen molar-refractivity contribution in [2.75, 3.05) is 9.80 Å². The molecule has 84 heavy (non-hydrogen) atoms. The maximum Gasteiger partial charge on any atom is 0.0641 e. The van der Waals surface area contributed by atoms with E-state index in [-0.39, 0.29) is 21.7 Å². The van der Waals surface area contributed by atoms with Gasteiger partial charge in [0.15, 0.2) is 0 Å². The van der Waals surface area contributed by atoms with E-state index in [1.807, 2.05) is 0 Å². The highest BCUT2D eigenvalue weighted by Crippen LogP contribution is 2.56. The molecule has 2 aliphatic rings. The molecule has 0 saturated heterocycles. The van der Waals surface area contributed by atoms with Crippen molar-refractivity contribution in [1.82, 2.24) is 8.80 Å². The SMILES string of the molecule is CC(C)(C)c1ccc2c(c1)c1c(N(c3ccccc3)c3ccc4c(c3)C(C)(C)c3ccccc3-4)ccc3c4cc5c(cc4n2c31)c1ccc(N(c2ccccc2)c2ccc3c(c2)C(C)(C)c2ccccc2-3)c2c3cc(C(C)(C)C)ccc3n5c12. The van der Waals surface area contributed by atoms with Gasteiger partial charge in [0.1, 0.15) is 0 Å². The number of benzene rings is 11. The van der Waals surface area contributed by atoms with Crippen LogP contribution in [0.2, 0.25) is 0 Å². The Morgan fingerprint density at radius 2 is 0.679 bits per heavy atom. The lowest BCUT2D eigenvalue weighted by Gasteiger charge is -2.29. The van der Waals surface area contributed by atoms with Crippen LogP contribution in [0.15, 0.2) is 218 Å². The van der Waals surface area contributed by atoms with Crippen LogP contribution in [0.3, 0.4) is 0 Å². The molecule has 11 aromatic carbocycles. The molecular formula is C80H66N4. The molecule has 0 radical (unpaired) electrons. The number of rotatable bonds is 6. The van der Waals surface area contributed by atoms with E-state index in [2.05, 4.69) is 306 Å². The maximum absolute atomic E-state index is 2.61. The second-order valence-electron chi connectivity index (χ2n) is 27.4. The molecule has 2 aliphatic carbocycles. The van der Waals surface area contributed by atoms with Crippen LogP contribution in [0.1, 0.15) is 103 Å². The van der Waals surface area contributed by atoms with Gasteiger partial charge in [0.25, 0.3) is 0 Å². The number of anilines is 6. The van der Waals surface area contributed by atoms with E-state index in [0.717, 1.165) is 22.7 Å². The normalized spacial score (nSPS) is 14.5. The van der Waals surface area contributed by atoms with Crippen LogP contribution >= 0.6 is 0 Å². The zero-order valence-electron chi connectivity index (χ0n) is 49.6. The van der Waals surface area contributed by atoms with Crippen molar-refractivity contribution < 1.29 is 0 Å².